The van der Waals surface area contributed by atoms with Crippen LogP contribution >= 0.6 is 0 Å². The molecule has 2 aromatic rings. The number of nitrogens with zero attached hydrogens (tertiary/aromatic N) is 2. The molecule has 1 atom stereocenters. The van der Waals surface area contributed by atoms with Crippen LogP contribution in [0, 0.1) is 0 Å². The summed E-state index contributed by atoms with van der Waals surface area (Å²) in [4.78, 5) is 28.9. The van der Waals surface area contributed by atoms with Crippen molar-refractivity contribution in [2.45, 2.75) is 83.3 Å². The Labute approximate surface area is 184 Å². The van der Waals surface area contributed by atoms with E-state index in [4.69, 9.17) is 9.15 Å². The molecule has 1 saturated carbocycles. The van der Waals surface area contributed by atoms with Crippen molar-refractivity contribution < 1.29 is 18.7 Å². The molecule has 0 radical (unpaired) electrons. The van der Waals surface area contributed by atoms with E-state index in [0.717, 1.165) is 31.2 Å². The summed E-state index contributed by atoms with van der Waals surface area (Å²) in [5.41, 5.74) is 1.17. The fraction of sp³-hybridized carbons (Fsp3) is 0.667. The maximum Gasteiger partial charge on any atom is 0.271 e. The van der Waals surface area contributed by atoms with Crippen molar-refractivity contribution >= 4 is 22.9 Å². The lowest BCUT2D eigenvalue weighted by Gasteiger charge is -2.44. The van der Waals surface area contributed by atoms with Gasteiger partial charge in [-0.15, -0.1) is 0 Å². The number of nitrogens with one attached hydrogen (secondary N) is 1. The first-order valence-corrected chi connectivity index (χ1v) is 11.8. The van der Waals surface area contributed by atoms with Gasteiger partial charge in [-0.2, -0.15) is 0 Å². The SMILES string of the molecule is CCOCCCN1C(=O)c2cc3occc3n2C[C@@]1(C)C(=O)NC1CCCCCCC1. The first-order chi connectivity index (χ1) is 15.0. The standard InChI is InChI=1S/C24H35N3O4/c1-3-30-14-9-13-27-22(28)20-16-21-19(12-15-31-21)26(20)17-24(27,2)23(29)25-18-10-7-5-4-6-8-11-18/h12,15-16,18H,3-11,13-14,17H2,1-2H3,(H,25,29)/t24-/m0/s1. The smallest absolute Gasteiger partial charge is 0.271 e. The number of rotatable bonds is 7. The van der Waals surface area contributed by atoms with Crippen molar-refractivity contribution in [1.82, 2.24) is 14.8 Å². The van der Waals surface area contributed by atoms with Gasteiger partial charge in [0.1, 0.15) is 11.2 Å². The van der Waals surface area contributed by atoms with Gasteiger partial charge in [0.05, 0.1) is 18.3 Å². The van der Waals surface area contributed by atoms with Crippen LogP contribution in [-0.4, -0.2) is 52.6 Å². The van der Waals surface area contributed by atoms with Gasteiger partial charge in [-0.3, -0.25) is 9.59 Å². The lowest BCUT2D eigenvalue weighted by Crippen LogP contribution is -2.65. The van der Waals surface area contributed by atoms with E-state index in [0.29, 0.717) is 44.0 Å². The number of hydrogen-bond acceptors (Lipinski definition) is 4. The zero-order valence-corrected chi connectivity index (χ0v) is 18.8. The zero-order valence-electron chi connectivity index (χ0n) is 18.8. The van der Waals surface area contributed by atoms with Gasteiger partial charge in [0.25, 0.3) is 5.91 Å². The Morgan fingerprint density at radius 1 is 1.26 bits per heavy atom. The molecule has 1 N–H and O–H groups in total. The number of aromatic nitrogens is 1. The van der Waals surface area contributed by atoms with Gasteiger partial charge in [-0.05, 0) is 33.1 Å². The first kappa shape index (κ1) is 21.9. The molecular formula is C24H35N3O4. The second-order valence-corrected chi connectivity index (χ2v) is 9.08. The minimum absolute atomic E-state index is 0.0566. The molecule has 1 aliphatic heterocycles. The van der Waals surface area contributed by atoms with Gasteiger partial charge in [-0.1, -0.05) is 32.1 Å². The Balaban J connectivity index is 1.59. The van der Waals surface area contributed by atoms with Gasteiger partial charge in [0.15, 0.2) is 5.58 Å². The van der Waals surface area contributed by atoms with E-state index in [9.17, 15) is 9.59 Å². The molecule has 0 aromatic carbocycles. The van der Waals surface area contributed by atoms with E-state index >= 15 is 0 Å². The number of furan rings is 1. The predicted octanol–water partition coefficient (Wildman–Crippen LogP) is 4.10. The lowest BCUT2D eigenvalue weighted by molar-refractivity contribution is -0.133. The molecule has 7 nitrogen and oxygen atoms in total. The molecule has 170 valence electrons. The lowest BCUT2D eigenvalue weighted by atomic mass is 9.92. The van der Waals surface area contributed by atoms with Crippen LogP contribution in [-0.2, 0) is 16.1 Å². The molecule has 2 aliphatic rings. The number of carbonyl (C=O) groups excluding carboxylic acids is 2. The van der Waals surface area contributed by atoms with Gasteiger partial charge in [0, 0.05) is 37.9 Å². The van der Waals surface area contributed by atoms with Crippen LogP contribution in [0.15, 0.2) is 22.8 Å². The summed E-state index contributed by atoms with van der Waals surface area (Å²) in [5, 5.41) is 3.31. The first-order valence-electron chi connectivity index (χ1n) is 11.8. The molecule has 2 aromatic heterocycles. The monoisotopic (exact) mass is 429 g/mol. The normalized spacial score (nSPS) is 22.9. The van der Waals surface area contributed by atoms with Gasteiger partial charge in [0.2, 0.25) is 5.91 Å². The Morgan fingerprint density at radius 3 is 2.74 bits per heavy atom. The second kappa shape index (κ2) is 9.47. The maximum atomic E-state index is 13.7. The average molecular weight is 430 g/mol. The molecule has 2 amide bonds. The molecule has 31 heavy (non-hydrogen) atoms. The number of hydrogen-bond donors (Lipinski definition) is 1. The summed E-state index contributed by atoms with van der Waals surface area (Å²) < 4.78 is 13.0. The Bertz CT molecular complexity index is 909. The number of fused-ring (bicyclic) bond motifs is 3. The van der Waals surface area contributed by atoms with Crippen LogP contribution in [0.1, 0.15) is 75.7 Å². The highest BCUT2D eigenvalue weighted by molar-refractivity contribution is 6.02. The van der Waals surface area contributed by atoms with E-state index in [1.807, 2.05) is 24.5 Å². The van der Waals surface area contributed by atoms with Crippen LogP contribution in [0.4, 0.5) is 0 Å². The third kappa shape index (κ3) is 4.38. The molecule has 0 bridgehead atoms. The van der Waals surface area contributed by atoms with Gasteiger partial charge < -0.3 is 23.9 Å². The van der Waals surface area contributed by atoms with Crippen LogP contribution in [0.5, 0.6) is 0 Å². The molecular weight excluding hydrogens is 394 g/mol. The average Bonchev–Trinajstić information content (AvgIpc) is 3.31. The van der Waals surface area contributed by atoms with Crippen molar-refractivity contribution in [3.8, 4) is 0 Å². The summed E-state index contributed by atoms with van der Waals surface area (Å²) in [6, 6.07) is 3.84. The maximum absolute atomic E-state index is 13.7. The Kier molecular flexibility index (Phi) is 6.70. The Hall–Kier alpha value is -2.28. The fourth-order valence-corrected chi connectivity index (χ4v) is 5.03. The van der Waals surface area contributed by atoms with Crippen molar-refractivity contribution in [1.29, 1.82) is 0 Å². The summed E-state index contributed by atoms with van der Waals surface area (Å²) in [6.07, 6.45) is 10.4. The van der Waals surface area contributed by atoms with E-state index in [1.165, 1.54) is 19.3 Å². The van der Waals surface area contributed by atoms with E-state index in [2.05, 4.69) is 5.32 Å². The molecule has 1 aliphatic carbocycles. The molecule has 0 saturated heterocycles. The number of ether oxygens (including phenoxy) is 1. The van der Waals surface area contributed by atoms with Crippen molar-refractivity contribution in [3.05, 3.63) is 24.1 Å². The summed E-state index contributed by atoms with van der Waals surface area (Å²) in [6.45, 7) is 5.99. The molecule has 0 spiro atoms. The number of carbonyl (C=O) groups is 2. The van der Waals surface area contributed by atoms with E-state index in [1.54, 1.807) is 17.2 Å². The molecule has 1 fully saturated rings. The van der Waals surface area contributed by atoms with Crippen molar-refractivity contribution in [3.63, 3.8) is 0 Å². The second-order valence-electron chi connectivity index (χ2n) is 9.08. The summed E-state index contributed by atoms with van der Waals surface area (Å²) in [7, 11) is 0. The van der Waals surface area contributed by atoms with Crippen LogP contribution < -0.4 is 5.32 Å². The molecule has 4 rings (SSSR count). The van der Waals surface area contributed by atoms with Gasteiger partial charge >= 0.3 is 0 Å². The number of amides is 2. The van der Waals surface area contributed by atoms with Crippen LogP contribution in [0.25, 0.3) is 11.1 Å². The topological polar surface area (TPSA) is 76.7 Å². The minimum Gasteiger partial charge on any atom is -0.463 e. The Morgan fingerprint density at radius 2 is 2.00 bits per heavy atom. The quantitative estimate of drug-likeness (QED) is 0.672. The highest BCUT2D eigenvalue weighted by Crippen LogP contribution is 2.33. The molecule has 7 heteroatoms. The van der Waals surface area contributed by atoms with Crippen molar-refractivity contribution in [2.24, 2.45) is 0 Å². The highest BCUT2D eigenvalue weighted by Gasteiger charge is 2.48. The van der Waals surface area contributed by atoms with Crippen molar-refractivity contribution in [2.75, 3.05) is 19.8 Å². The van der Waals surface area contributed by atoms with E-state index < -0.39 is 5.54 Å². The largest absolute Gasteiger partial charge is 0.463 e. The van der Waals surface area contributed by atoms with Gasteiger partial charge in [-0.25, -0.2) is 0 Å². The fourth-order valence-electron chi connectivity index (χ4n) is 5.03. The molecule has 3 heterocycles. The zero-order chi connectivity index (χ0) is 21.8. The summed E-state index contributed by atoms with van der Waals surface area (Å²) >= 11 is 0. The highest BCUT2D eigenvalue weighted by atomic mass is 16.5. The third-order valence-electron chi connectivity index (χ3n) is 6.85. The summed E-state index contributed by atoms with van der Waals surface area (Å²) in [5.74, 6) is -0.178. The van der Waals surface area contributed by atoms with Crippen LogP contribution in [0.3, 0.4) is 0 Å². The minimum atomic E-state index is -0.956. The predicted molar refractivity (Wildman–Crippen MR) is 119 cm³/mol. The van der Waals surface area contributed by atoms with E-state index in [-0.39, 0.29) is 17.9 Å². The third-order valence-corrected chi connectivity index (χ3v) is 6.85. The van der Waals surface area contributed by atoms with Crippen LogP contribution in [0.2, 0.25) is 0 Å². The molecule has 0 unspecified atom stereocenters.